The van der Waals surface area contributed by atoms with Gasteiger partial charge in [-0.25, -0.2) is 0 Å². The van der Waals surface area contributed by atoms with E-state index in [1.54, 1.807) is 0 Å². The monoisotopic (exact) mass is 168 g/mol. The molecular weight excluding hydrogens is 152 g/mol. The molecule has 12 heavy (non-hydrogen) atoms. The molecule has 0 spiro atoms. The van der Waals surface area contributed by atoms with Gasteiger partial charge < -0.3 is 10.3 Å². The Morgan fingerprint density at radius 2 is 2.17 bits per heavy atom. The maximum Gasteiger partial charge on any atom is 0.149 e. The van der Waals surface area contributed by atoms with Crippen LogP contribution in [0.15, 0.2) is 0 Å². The summed E-state index contributed by atoms with van der Waals surface area (Å²) in [7, 11) is 1.94. The van der Waals surface area contributed by atoms with E-state index in [1.807, 2.05) is 18.5 Å². The van der Waals surface area contributed by atoms with E-state index in [0.29, 0.717) is 0 Å². The van der Waals surface area contributed by atoms with Gasteiger partial charge in [0.15, 0.2) is 0 Å². The first-order chi connectivity index (χ1) is 5.66. The Morgan fingerprint density at radius 1 is 1.50 bits per heavy atom. The van der Waals surface area contributed by atoms with Crippen LogP contribution in [0.1, 0.15) is 37.5 Å². The molecule has 2 N–H and O–H groups in total. The fourth-order valence-corrected chi connectivity index (χ4v) is 1.19. The van der Waals surface area contributed by atoms with Crippen molar-refractivity contribution < 1.29 is 0 Å². The summed E-state index contributed by atoms with van der Waals surface area (Å²) >= 11 is 0. The summed E-state index contributed by atoms with van der Waals surface area (Å²) in [5, 5.41) is 7.97. The lowest BCUT2D eigenvalue weighted by Gasteiger charge is -2.08. The van der Waals surface area contributed by atoms with Gasteiger partial charge in [0.1, 0.15) is 11.6 Å². The van der Waals surface area contributed by atoms with Gasteiger partial charge in [0.25, 0.3) is 0 Å². The second-order valence-corrected chi connectivity index (χ2v) is 3.06. The van der Waals surface area contributed by atoms with Gasteiger partial charge in [-0.3, -0.25) is 0 Å². The summed E-state index contributed by atoms with van der Waals surface area (Å²) in [5.74, 6) is 1.80. The van der Waals surface area contributed by atoms with Crippen molar-refractivity contribution in [3.63, 3.8) is 0 Å². The Bertz CT molecular complexity index is 254. The van der Waals surface area contributed by atoms with Crippen molar-refractivity contribution in [2.24, 2.45) is 12.8 Å². The number of hydrogen-bond donors (Lipinski definition) is 1. The molecule has 0 aliphatic rings. The molecule has 1 aromatic rings. The van der Waals surface area contributed by atoms with Gasteiger partial charge in [-0.15, -0.1) is 10.2 Å². The van der Waals surface area contributed by atoms with Crippen LogP contribution in [0.3, 0.4) is 0 Å². The van der Waals surface area contributed by atoms with Crippen LogP contribution >= 0.6 is 0 Å². The fourth-order valence-electron chi connectivity index (χ4n) is 1.19. The van der Waals surface area contributed by atoms with Crippen molar-refractivity contribution in [2.75, 3.05) is 0 Å². The molecule has 4 nitrogen and oxygen atoms in total. The van der Waals surface area contributed by atoms with Gasteiger partial charge >= 0.3 is 0 Å². The highest BCUT2D eigenvalue weighted by atomic mass is 15.3. The van der Waals surface area contributed by atoms with E-state index in [1.165, 1.54) is 0 Å². The van der Waals surface area contributed by atoms with Crippen molar-refractivity contribution in [3.8, 4) is 0 Å². The second kappa shape index (κ2) is 3.67. The molecule has 1 unspecified atom stereocenters. The molecule has 4 heteroatoms. The summed E-state index contributed by atoms with van der Waals surface area (Å²) in [6.07, 6.45) is 2.04. The molecule has 0 aliphatic carbocycles. The molecule has 0 fully saturated rings. The van der Waals surface area contributed by atoms with E-state index in [2.05, 4.69) is 17.1 Å². The molecule has 0 aromatic carbocycles. The van der Waals surface area contributed by atoms with E-state index in [0.717, 1.165) is 24.5 Å². The van der Waals surface area contributed by atoms with Crippen LogP contribution in [0.4, 0.5) is 0 Å². The highest BCUT2D eigenvalue weighted by Gasteiger charge is 2.12. The minimum atomic E-state index is 0.0289. The highest BCUT2D eigenvalue weighted by molar-refractivity contribution is 4.97. The smallest absolute Gasteiger partial charge is 0.149 e. The topological polar surface area (TPSA) is 56.7 Å². The van der Waals surface area contributed by atoms with Crippen LogP contribution in [0.25, 0.3) is 0 Å². The molecule has 1 aromatic heterocycles. The highest BCUT2D eigenvalue weighted by Crippen LogP contribution is 2.12. The van der Waals surface area contributed by atoms with Gasteiger partial charge in [-0.05, 0) is 13.3 Å². The first kappa shape index (κ1) is 9.19. The predicted octanol–water partition coefficient (Wildman–Crippen LogP) is 0.923. The predicted molar refractivity (Wildman–Crippen MR) is 47.6 cm³/mol. The van der Waals surface area contributed by atoms with E-state index < -0.39 is 0 Å². The molecular formula is C8H16N4. The van der Waals surface area contributed by atoms with Crippen molar-refractivity contribution in [2.45, 2.75) is 32.7 Å². The summed E-state index contributed by atoms with van der Waals surface area (Å²) in [4.78, 5) is 0. The maximum absolute atomic E-state index is 5.90. The van der Waals surface area contributed by atoms with Crippen LogP contribution in [0.2, 0.25) is 0 Å². The molecule has 1 atom stereocenters. The van der Waals surface area contributed by atoms with E-state index in [4.69, 9.17) is 5.73 Å². The third-order valence-electron chi connectivity index (χ3n) is 2.06. The van der Waals surface area contributed by atoms with E-state index in [-0.39, 0.29) is 6.04 Å². The van der Waals surface area contributed by atoms with Crippen LogP contribution in [0.5, 0.6) is 0 Å². The van der Waals surface area contributed by atoms with Gasteiger partial charge in [-0.1, -0.05) is 13.3 Å². The molecule has 1 heterocycles. The number of nitrogens with two attached hydrogens (primary N) is 1. The minimum Gasteiger partial charge on any atom is -0.321 e. The molecule has 0 radical (unpaired) electrons. The zero-order valence-corrected chi connectivity index (χ0v) is 7.91. The van der Waals surface area contributed by atoms with Crippen LogP contribution in [-0.4, -0.2) is 14.8 Å². The second-order valence-electron chi connectivity index (χ2n) is 3.06. The quantitative estimate of drug-likeness (QED) is 0.730. The molecule has 0 saturated carbocycles. The number of hydrogen-bond acceptors (Lipinski definition) is 3. The third kappa shape index (κ3) is 1.64. The van der Waals surface area contributed by atoms with E-state index in [9.17, 15) is 0 Å². The van der Waals surface area contributed by atoms with Crippen molar-refractivity contribution in [1.82, 2.24) is 14.8 Å². The Labute approximate surface area is 72.8 Å². The summed E-state index contributed by atoms with van der Waals surface area (Å²) < 4.78 is 1.94. The number of aromatic nitrogens is 3. The lowest BCUT2D eigenvalue weighted by Crippen LogP contribution is -2.15. The Balaban J connectivity index is 2.80. The average Bonchev–Trinajstić information content (AvgIpc) is 2.34. The van der Waals surface area contributed by atoms with Gasteiger partial charge in [0, 0.05) is 7.05 Å². The van der Waals surface area contributed by atoms with Crippen molar-refractivity contribution in [3.05, 3.63) is 11.6 Å². The third-order valence-corrected chi connectivity index (χ3v) is 2.06. The zero-order valence-electron chi connectivity index (χ0n) is 7.91. The standard InChI is InChI=1S/C8H16N4/c1-4-5-7(9)8-11-10-6(2)12(8)3/h7H,4-5,9H2,1-3H3. The maximum atomic E-state index is 5.90. The SMILES string of the molecule is CCCC(N)c1nnc(C)n1C. The fraction of sp³-hybridized carbons (Fsp3) is 0.750. The lowest BCUT2D eigenvalue weighted by molar-refractivity contribution is 0.575. The number of aryl methyl sites for hydroxylation is 1. The largest absolute Gasteiger partial charge is 0.321 e. The normalized spacial score (nSPS) is 13.3. The molecule has 0 amide bonds. The Morgan fingerprint density at radius 3 is 2.58 bits per heavy atom. The zero-order chi connectivity index (χ0) is 9.14. The van der Waals surface area contributed by atoms with Crippen molar-refractivity contribution >= 4 is 0 Å². The molecule has 0 aliphatic heterocycles. The molecule has 0 bridgehead atoms. The Hall–Kier alpha value is -0.900. The minimum absolute atomic E-state index is 0.0289. The molecule has 1 rings (SSSR count). The first-order valence-corrected chi connectivity index (χ1v) is 4.28. The first-order valence-electron chi connectivity index (χ1n) is 4.28. The van der Waals surface area contributed by atoms with Gasteiger partial charge in [-0.2, -0.15) is 0 Å². The summed E-state index contributed by atoms with van der Waals surface area (Å²) in [6.45, 7) is 4.04. The number of rotatable bonds is 3. The summed E-state index contributed by atoms with van der Waals surface area (Å²) in [5.41, 5.74) is 5.90. The lowest BCUT2D eigenvalue weighted by atomic mass is 10.2. The van der Waals surface area contributed by atoms with Crippen LogP contribution in [-0.2, 0) is 7.05 Å². The van der Waals surface area contributed by atoms with Gasteiger partial charge in [0.2, 0.25) is 0 Å². The molecule has 0 saturated heterocycles. The summed E-state index contributed by atoms with van der Waals surface area (Å²) in [6, 6.07) is 0.0289. The van der Waals surface area contributed by atoms with Crippen molar-refractivity contribution in [1.29, 1.82) is 0 Å². The van der Waals surface area contributed by atoms with E-state index >= 15 is 0 Å². The van der Waals surface area contributed by atoms with Crippen LogP contribution in [0, 0.1) is 6.92 Å². The van der Waals surface area contributed by atoms with Crippen LogP contribution < -0.4 is 5.73 Å². The van der Waals surface area contributed by atoms with Gasteiger partial charge in [0.05, 0.1) is 6.04 Å². The Kier molecular flexibility index (Phi) is 2.81. The average molecular weight is 168 g/mol. The number of nitrogens with zero attached hydrogens (tertiary/aromatic N) is 3. The molecule has 68 valence electrons.